The maximum atomic E-state index is 5.25. The zero-order valence-corrected chi connectivity index (χ0v) is 7.63. The van der Waals surface area contributed by atoms with Gasteiger partial charge < -0.3 is 9.47 Å². The molecule has 1 aliphatic rings. The lowest BCUT2D eigenvalue weighted by atomic mass is 10.5. The number of alkyl halides is 1. The summed E-state index contributed by atoms with van der Waals surface area (Å²) in [6.45, 7) is 3.75. The van der Waals surface area contributed by atoms with Gasteiger partial charge >= 0.3 is 0 Å². The number of rotatable bonds is 4. The molecule has 0 N–H and O–H groups in total. The molecular weight excluding hydrogens is 231 g/mol. The molecule has 54 valence electrons. The van der Waals surface area contributed by atoms with Gasteiger partial charge in [0.05, 0.1) is 6.61 Å². The number of hydrogen-bond donors (Lipinski definition) is 0. The van der Waals surface area contributed by atoms with Gasteiger partial charge in [0.25, 0.3) is 0 Å². The van der Waals surface area contributed by atoms with E-state index in [9.17, 15) is 0 Å². The van der Waals surface area contributed by atoms with Crippen LogP contribution >= 0.6 is 22.6 Å². The highest BCUT2D eigenvalue weighted by Gasteiger charge is 2.35. The van der Waals surface area contributed by atoms with Crippen LogP contribution in [-0.4, -0.2) is 23.4 Å². The Balaban J connectivity index is 1.83. The fourth-order valence-electron chi connectivity index (χ4n) is 0.580. The van der Waals surface area contributed by atoms with Crippen LogP contribution in [0.1, 0.15) is 13.3 Å². The Morgan fingerprint density at radius 1 is 1.67 bits per heavy atom. The second-order valence-electron chi connectivity index (χ2n) is 2.10. The topological polar surface area (TPSA) is 21.8 Å². The molecule has 0 saturated carbocycles. The van der Waals surface area contributed by atoms with Crippen LogP contribution in [0.25, 0.3) is 0 Å². The average Bonchev–Trinajstić information content (AvgIpc) is 2.48. The van der Waals surface area contributed by atoms with Gasteiger partial charge in [0.15, 0.2) is 0 Å². The lowest BCUT2D eigenvalue weighted by Gasteiger charge is -1.95. The van der Waals surface area contributed by atoms with E-state index in [1.165, 1.54) is 0 Å². The van der Waals surface area contributed by atoms with Gasteiger partial charge in [-0.25, -0.2) is 0 Å². The highest BCUT2D eigenvalue weighted by Crippen LogP contribution is 2.28. The van der Waals surface area contributed by atoms with E-state index in [2.05, 4.69) is 29.5 Å². The predicted molar refractivity (Wildman–Crippen MR) is 43.8 cm³/mol. The first kappa shape index (κ1) is 7.75. The molecule has 0 aromatic heterocycles. The van der Waals surface area contributed by atoms with E-state index in [1.807, 2.05) is 0 Å². The summed E-state index contributed by atoms with van der Waals surface area (Å²) in [4.78, 5) is 0. The molecule has 3 heteroatoms. The molecule has 1 fully saturated rings. The highest BCUT2D eigenvalue weighted by molar-refractivity contribution is 14.1. The lowest BCUT2D eigenvalue weighted by Crippen LogP contribution is -2.02. The third kappa shape index (κ3) is 2.82. The van der Waals surface area contributed by atoms with Crippen molar-refractivity contribution in [1.82, 2.24) is 0 Å². The van der Waals surface area contributed by atoms with Crippen molar-refractivity contribution in [3.63, 3.8) is 0 Å². The third-order valence-electron chi connectivity index (χ3n) is 1.15. The second-order valence-corrected chi connectivity index (χ2v) is 3.33. The zero-order valence-electron chi connectivity index (χ0n) is 5.47. The SMILES string of the molecule is CCCOCC1OC1I. The molecule has 0 radical (unpaired) electrons. The molecule has 2 unspecified atom stereocenters. The van der Waals surface area contributed by atoms with Crippen molar-refractivity contribution in [2.24, 2.45) is 0 Å². The van der Waals surface area contributed by atoms with Crippen molar-refractivity contribution in [3.8, 4) is 0 Å². The van der Waals surface area contributed by atoms with Crippen molar-refractivity contribution in [2.75, 3.05) is 13.2 Å². The Morgan fingerprint density at radius 2 is 2.33 bits per heavy atom. The van der Waals surface area contributed by atoms with Gasteiger partial charge in [0, 0.05) is 6.61 Å². The summed E-state index contributed by atoms with van der Waals surface area (Å²) in [6.07, 6.45) is 1.48. The average molecular weight is 242 g/mol. The maximum Gasteiger partial charge on any atom is 0.137 e. The molecule has 0 bridgehead atoms. The normalized spacial score (nSPS) is 32.7. The molecule has 0 amide bonds. The molecule has 0 aliphatic carbocycles. The molecule has 1 aliphatic heterocycles. The van der Waals surface area contributed by atoms with Crippen molar-refractivity contribution in [2.45, 2.75) is 23.6 Å². The second kappa shape index (κ2) is 3.73. The fraction of sp³-hybridized carbons (Fsp3) is 1.00. The Morgan fingerprint density at radius 3 is 2.78 bits per heavy atom. The first-order chi connectivity index (χ1) is 4.34. The molecule has 1 saturated heterocycles. The fourth-order valence-corrected chi connectivity index (χ4v) is 1.17. The van der Waals surface area contributed by atoms with Crippen LogP contribution in [0.5, 0.6) is 0 Å². The van der Waals surface area contributed by atoms with E-state index < -0.39 is 0 Å². The molecule has 0 aromatic carbocycles. The summed E-state index contributed by atoms with van der Waals surface area (Å²) < 4.78 is 10.8. The summed E-state index contributed by atoms with van der Waals surface area (Å²) in [5, 5.41) is 0. The minimum Gasteiger partial charge on any atom is -0.379 e. The van der Waals surface area contributed by atoms with Crippen LogP contribution in [-0.2, 0) is 9.47 Å². The Kier molecular flexibility index (Phi) is 3.21. The Hall–Kier alpha value is 0.650. The summed E-state index contributed by atoms with van der Waals surface area (Å²) in [5.74, 6) is 0. The van der Waals surface area contributed by atoms with Crippen LogP contribution in [0.15, 0.2) is 0 Å². The first-order valence-corrected chi connectivity index (χ1v) is 4.46. The summed E-state index contributed by atoms with van der Waals surface area (Å²) in [7, 11) is 0. The van der Waals surface area contributed by atoms with Crippen LogP contribution in [0.2, 0.25) is 0 Å². The standard InChI is InChI=1S/C6H11IO2/c1-2-3-8-4-5-6(7)9-5/h5-6H,2-4H2,1H3. The molecular formula is C6H11IO2. The van der Waals surface area contributed by atoms with Crippen molar-refractivity contribution >= 4 is 22.6 Å². The van der Waals surface area contributed by atoms with Crippen LogP contribution in [0.3, 0.4) is 0 Å². The monoisotopic (exact) mass is 242 g/mol. The zero-order chi connectivity index (χ0) is 6.69. The molecule has 2 nitrogen and oxygen atoms in total. The molecule has 9 heavy (non-hydrogen) atoms. The number of halogens is 1. The van der Waals surface area contributed by atoms with Gasteiger partial charge in [0.1, 0.15) is 10.2 Å². The molecule has 1 heterocycles. The van der Waals surface area contributed by atoms with Gasteiger partial charge in [-0.05, 0) is 29.0 Å². The third-order valence-corrected chi connectivity index (χ3v) is 2.25. The van der Waals surface area contributed by atoms with Gasteiger partial charge in [-0.2, -0.15) is 0 Å². The first-order valence-electron chi connectivity index (χ1n) is 3.22. The van der Waals surface area contributed by atoms with Crippen LogP contribution in [0.4, 0.5) is 0 Å². The number of ether oxygens (including phenoxy) is 2. The predicted octanol–water partition coefficient (Wildman–Crippen LogP) is 1.57. The van der Waals surface area contributed by atoms with E-state index in [0.29, 0.717) is 10.2 Å². The summed E-state index contributed by atoms with van der Waals surface area (Å²) >= 11 is 2.27. The van der Waals surface area contributed by atoms with E-state index in [0.717, 1.165) is 19.6 Å². The van der Waals surface area contributed by atoms with E-state index in [4.69, 9.17) is 9.47 Å². The van der Waals surface area contributed by atoms with Crippen molar-refractivity contribution in [3.05, 3.63) is 0 Å². The van der Waals surface area contributed by atoms with E-state index >= 15 is 0 Å². The molecule has 0 spiro atoms. The van der Waals surface area contributed by atoms with Crippen molar-refractivity contribution < 1.29 is 9.47 Å². The minimum atomic E-state index is 0.386. The summed E-state index contributed by atoms with van der Waals surface area (Å²) in [6, 6.07) is 0. The maximum absolute atomic E-state index is 5.25. The Labute approximate surface area is 69.0 Å². The smallest absolute Gasteiger partial charge is 0.137 e. The number of epoxide rings is 1. The molecule has 2 atom stereocenters. The highest BCUT2D eigenvalue weighted by atomic mass is 127. The van der Waals surface area contributed by atoms with E-state index in [1.54, 1.807) is 0 Å². The lowest BCUT2D eigenvalue weighted by molar-refractivity contribution is 0.117. The Bertz CT molecular complexity index is 87.1. The molecule has 0 aromatic rings. The quantitative estimate of drug-likeness (QED) is 0.323. The van der Waals surface area contributed by atoms with Crippen molar-refractivity contribution in [1.29, 1.82) is 0 Å². The largest absolute Gasteiger partial charge is 0.379 e. The number of hydrogen-bond acceptors (Lipinski definition) is 2. The van der Waals surface area contributed by atoms with E-state index in [-0.39, 0.29) is 0 Å². The summed E-state index contributed by atoms with van der Waals surface area (Å²) in [5.41, 5.74) is 0. The van der Waals surface area contributed by atoms with Crippen LogP contribution in [0, 0.1) is 0 Å². The minimum absolute atomic E-state index is 0.386. The van der Waals surface area contributed by atoms with Crippen LogP contribution < -0.4 is 0 Å². The van der Waals surface area contributed by atoms with Gasteiger partial charge in [-0.1, -0.05) is 6.92 Å². The molecule has 1 rings (SSSR count). The van der Waals surface area contributed by atoms with Gasteiger partial charge in [-0.3, -0.25) is 0 Å². The van der Waals surface area contributed by atoms with Gasteiger partial charge in [-0.15, -0.1) is 0 Å². The van der Waals surface area contributed by atoms with Gasteiger partial charge in [0.2, 0.25) is 0 Å².